The van der Waals surface area contributed by atoms with Crippen LogP contribution in [0.5, 0.6) is 0 Å². The molecule has 0 aromatic rings. The van der Waals surface area contributed by atoms with Crippen LogP contribution < -0.4 is 5.32 Å². The lowest BCUT2D eigenvalue weighted by Crippen LogP contribution is -2.52. The second-order valence-corrected chi connectivity index (χ2v) is 6.98. The molecule has 2 rings (SSSR count). The van der Waals surface area contributed by atoms with Gasteiger partial charge in [0.1, 0.15) is 0 Å². The molecule has 110 valence electrons. The Bertz CT molecular complexity index is 324. The molecule has 1 saturated carbocycles. The number of amides is 1. The summed E-state index contributed by atoms with van der Waals surface area (Å²) >= 11 is 0. The van der Waals surface area contributed by atoms with Crippen molar-refractivity contribution in [2.75, 3.05) is 26.3 Å². The van der Waals surface area contributed by atoms with Crippen molar-refractivity contribution in [3.8, 4) is 0 Å². The Morgan fingerprint density at radius 3 is 2.47 bits per heavy atom. The first-order chi connectivity index (χ1) is 8.89. The number of nitrogens with zero attached hydrogens (tertiary/aromatic N) is 1. The topological polar surface area (TPSA) is 41.6 Å². The maximum atomic E-state index is 12.4. The minimum Gasteiger partial charge on any atom is -0.378 e. The molecular formula is C15H28N2O2. The van der Waals surface area contributed by atoms with Gasteiger partial charge in [-0.15, -0.1) is 0 Å². The van der Waals surface area contributed by atoms with Crippen molar-refractivity contribution in [2.24, 2.45) is 11.3 Å². The summed E-state index contributed by atoms with van der Waals surface area (Å²) in [5, 5.41) is 3.55. The molecular weight excluding hydrogens is 240 g/mol. The minimum atomic E-state index is -0.0838. The average Bonchev–Trinajstić information content (AvgIpc) is 2.62. The summed E-state index contributed by atoms with van der Waals surface area (Å²) in [4.78, 5) is 14.3. The molecule has 1 N–H and O–H groups in total. The third kappa shape index (κ3) is 3.69. The lowest BCUT2D eigenvalue weighted by molar-refractivity contribution is -0.137. The summed E-state index contributed by atoms with van der Waals surface area (Å²) in [7, 11) is 0. The summed E-state index contributed by atoms with van der Waals surface area (Å²) in [6.07, 6.45) is 2.40. The number of ether oxygens (including phenoxy) is 1. The molecule has 1 aliphatic carbocycles. The maximum absolute atomic E-state index is 12.4. The van der Waals surface area contributed by atoms with Crippen molar-refractivity contribution >= 4 is 5.91 Å². The Hall–Kier alpha value is -0.610. The van der Waals surface area contributed by atoms with Crippen molar-refractivity contribution in [1.82, 2.24) is 10.2 Å². The van der Waals surface area contributed by atoms with Crippen LogP contribution in [-0.2, 0) is 9.53 Å². The fourth-order valence-electron chi connectivity index (χ4n) is 3.57. The average molecular weight is 268 g/mol. The van der Waals surface area contributed by atoms with Crippen molar-refractivity contribution in [3.05, 3.63) is 0 Å². The second kappa shape index (κ2) is 5.80. The van der Waals surface area contributed by atoms with Crippen molar-refractivity contribution in [3.63, 3.8) is 0 Å². The molecule has 3 unspecified atom stereocenters. The lowest BCUT2D eigenvalue weighted by atomic mass is 9.91. The molecule has 0 bridgehead atoms. The van der Waals surface area contributed by atoms with E-state index in [1.165, 1.54) is 6.42 Å². The van der Waals surface area contributed by atoms with Gasteiger partial charge < -0.3 is 15.0 Å². The molecule has 4 heteroatoms. The van der Waals surface area contributed by atoms with E-state index in [1.54, 1.807) is 0 Å². The van der Waals surface area contributed by atoms with E-state index in [2.05, 4.69) is 26.1 Å². The molecule has 3 atom stereocenters. The number of hydrogen-bond acceptors (Lipinski definition) is 3. The van der Waals surface area contributed by atoms with Crippen LogP contribution in [0.4, 0.5) is 0 Å². The second-order valence-electron chi connectivity index (χ2n) is 6.98. The standard InChI is InChI=1S/C15H28N2O2/c1-11-9-15(3,4)10-13(11)16-12(2)14(18)17-5-7-19-8-6-17/h11-13,16H,5-10H2,1-4H3. The quantitative estimate of drug-likeness (QED) is 0.846. The Labute approximate surface area is 116 Å². The molecule has 19 heavy (non-hydrogen) atoms. The van der Waals surface area contributed by atoms with Crippen LogP contribution in [0.15, 0.2) is 0 Å². The first kappa shape index (κ1) is 14.8. The summed E-state index contributed by atoms with van der Waals surface area (Å²) in [5.74, 6) is 0.871. The SMILES string of the molecule is CC(NC1CC(C)(C)CC1C)C(=O)N1CCOCC1. The van der Waals surface area contributed by atoms with Gasteiger partial charge in [0.15, 0.2) is 0 Å². The number of nitrogens with one attached hydrogen (secondary N) is 1. The third-order valence-corrected chi connectivity index (χ3v) is 4.49. The lowest BCUT2D eigenvalue weighted by Gasteiger charge is -2.31. The predicted octanol–water partition coefficient (Wildman–Crippen LogP) is 1.65. The molecule has 2 aliphatic rings. The van der Waals surface area contributed by atoms with Crippen molar-refractivity contribution in [2.45, 2.75) is 52.6 Å². The van der Waals surface area contributed by atoms with E-state index in [0.717, 1.165) is 19.5 Å². The number of morpholine rings is 1. The normalized spacial score (nSPS) is 32.3. The minimum absolute atomic E-state index is 0.0838. The van der Waals surface area contributed by atoms with Gasteiger partial charge in [-0.2, -0.15) is 0 Å². The van der Waals surface area contributed by atoms with E-state index < -0.39 is 0 Å². The van der Waals surface area contributed by atoms with E-state index >= 15 is 0 Å². The van der Waals surface area contributed by atoms with Crippen LogP contribution in [0.1, 0.15) is 40.5 Å². The van der Waals surface area contributed by atoms with E-state index in [-0.39, 0.29) is 11.9 Å². The van der Waals surface area contributed by atoms with Gasteiger partial charge in [-0.3, -0.25) is 4.79 Å². The smallest absolute Gasteiger partial charge is 0.239 e. The summed E-state index contributed by atoms with van der Waals surface area (Å²) < 4.78 is 5.29. The Morgan fingerprint density at radius 1 is 1.32 bits per heavy atom. The van der Waals surface area contributed by atoms with Crippen LogP contribution in [-0.4, -0.2) is 49.2 Å². The summed E-state index contributed by atoms with van der Waals surface area (Å²) in [6, 6.07) is 0.384. The fraction of sp³-hybridized carbons (Fsp3) is 0.933. The van der Waals surface area contributed by atoms with Crippen LogP contribution in [0.25, 0.3) is 0 Å². The molecule has 1 amide bonds. The van der Waals surface area contributed by atoms with Crippen molar-refractivity contribution < 1.29 is 9.53 Å². The van der Waals surface area contributed by atoms with Gasteiger partial charge in [0.05, 0.1) is 19.3 Å². The zero-order chi connectivity index (χ0) is 14.0. The Balaban J connectivity index is 1.86. The Kier molecular flexibility index (Phi) is 4.51. The predicted molar refractivity (Wildman–Crippen MR) is 76.0 cm³/mol. The molecule has 0 aromatic carbocycles. The molecule has 4 nitrogen and oxygen atoms in total. The molecule has 1 saturated heterocycles. The number of hydrogen-bond donors (Lipinski definition) is 1. The highest BCUT2D eigenvalue weighted by Crippen LogP contribution is 2.40. The first-order valence-corrected chi connectivity index (χ1v) is 7.52. The van der Waals surface area contributed by atoms with Gasteiger partial charge >= 0.3 is 0 Å². The van der Waals surface area contributed by atoms with Crippen LogP contribution >= 0.6 is 0 Å². The molecule has 0 spiro atoms. The van der Waals surface area contributed by atoms with Gasteiger partial charge in [-0.1, -0.05) is 20.8 Å². The van der Waals surface area contributed by atoms with Crippen LogP contribution in [0.2, 0.25) is 0 Å². The summed E-state index contributed by atoms with van der Waals surface area (Å²) in [5.41, 5.74) is 0.402. The molecule has 1 heterocycles. The zero-order valence-corrected chi connectivity index (χ0v) is 12.7. The number of rotatable bonds is 3. The first-order valence-electron chi connectivity index (χ1n) is 7.52. The van der Waals surface area contributed by atoms with Crippen LogP contribution in [0.3, 0.4) is 0 Å². The van der Waals surface area contributed by atoms with E-state index in [9.17, 15) is 4.79 Å². The van der Waals surface area contributed by atoms with E-state index in [4.69, 9.17) is 4.74 Å². The highest BCUT2D eigenvalue weighted by Gasteiger charge is 2.38. The van der Waals surface area contributed by atoms with E-state index in [1.807, 2.05) is 11.8 Å². The van der Waals surface area contributed by atoms with Gasteiger partial charge in [0.2, 0.25) is 5.91 Å². The zero-order valence-electron chi connectivity index (χ0n) is 12.7. The largest absolute Gasteiger partial charge is 0.378 e. The third-order valence-electron chi connectivity index (χ3n) is 4.49. The molecule has 2 fully saturated rings. The molecule has 0 radical (unpaired) electrons. The number of carbonyl (C=O) groups is 1. The molecule has 1 aliphatic heterocycles. The number of carbonyl (C=O) groups excluding carboxylic acids is 1. The monoisotopic (exact) mass is 268 g/mol. The van der Waals surface area contributed by atoms with Gasteiger partial charge in [0, 0.05) is 19.1 Å². The van der Waals surface area contributed by atoms with Crippen LogP contribution in [0, 0.1) is 11.3 Å². The van der Waals surface area contributed by atoms with Crippen molar-refractivity contribution in [1.29, 1.82) is 0 Å². The van der Waals surface area contributed by atoms with Gasteiger partial charge in [-0.05, 0) is 31.1 Å². The van der Waals surface area contributed by atoms with E-state index in [0.29, 0.717) is 30.6 Å². The maximum Gasteiger partial charge on any atom is 0.239 e. The highest BCUT2D eigenvalue weighted by atomic mass is 16.5. The molecule has 0 aromatic heterocycles. The van der Waals surface area contributed by atoms with Gasteiger partial charge in [-0.25, -0.2) is 0 Å². The fourth-order valence-corrected chi connectivity index (χ4v) is 3.57. The van der Waals surface area contributed by atoms with Gasteiger partial charge in [0.25, 0.3) is 0 Å². The highest BCUT2D eigenvalue weighted by molar-refractivity contribution is 5.81. The summed E-state index contributed by atoms with van der Waals surface area (Å²) in [6.45, 7) is 11.7. The Morgan fingerprint density at radius 2 is 1.95 bits per heavy atom.